The first-order valence-electron chi connectivity index (χ1n) is 8.42. The molecule has 142 valence electrons. The number of hydrogen-bond donors (Lipinski definition) is 3. The smallest absolute Gasteiger partial charge is 0.338 e. The van der Waals surface area contributed by atoms with Gasteiger partial charge in [-0.3, -0.25) is 0 Å². The quantitative estimate of drug-likeness (QED) is 0.399. The van der Waals surface area contributed by atoms with Crippen LogP contribution in [0.2, 0.25) is 5.02 Å². The van der Waals surface area contributed by atoms with Crippen molar-refractivity contribution in [2.75, 3.05) is 19.7 Å². The van der Waals surface area contributed by atoms with Crippen LogP contribution in [0.1, 0.15) is 41.6 Å². The molecule has 1 aliphatic rings. The fourth-order valence-corrected chi connectivity index (χ4v) is 3.58. The Hall–Kier alpha value is -2.05. The number of hydrogen-bond acceptors (Lipinski definition) is 6. The zero-order valence-corrected chi connectivity index (χ0v) is 16.2. The molecular weight excluding hydrogens is 375 g/mol. The highest BCUT2D eigenvalue weighted by Gasteiger charge is 2.25. The first-order valence-corrected chi connectivity index (χ1v) is 9.18. The number of nitrogens with two attached hydrogens (primary N) is 3. The summed E-state index contributed by atoms with van der Waals surface area (Å²) in [5.74, 6) is -0.0418. The number of nitrogens with zero attached hydrogens (tertiary/aromatic N) is 1. The monoisotopic (exact) mass is 398 g/mol. The molecule has 0 spiro atoms. The van der Waals surface area contributed by atoms with E-state index >= 15 is 0 Å². The molecule has 1 heterocycles. The minimum absolute atomic E-state index is 0.118. The van der Waals surface area contributed by atoms with Crippen molar-refractivity contribution >= 4 is 29.2 Å². The number of rotatable bonds is 5. The Bertz CT molecular complexity index is 726. The molecule has 1 atom stereocenters. The first kappa shape index (κ1) is 20.3. The van der Waals surface area contributed by atoms with Crippen LogP contribution in [0.15, 0.2) is 40.9 Å². The second-order valence-electron chi connectivity index (χ2n) is 6.11. The van der Waals surface area contributed by atoms with Crippen LogP contribution >= 0.6 is 23.2 Å². The number of likely N-dealkylation sites (tertiary alicyclic amines) is 1. The molecule has 0 amide bonds. The van der Waals surface area contributed by atoms with Crippen molar-refractivity contribution in [3.8, 4) is 0 Å². The number of allylic oxidation sites excluding steroid dienone is 1. The summed E-state index contributed by atoms with van der Waals surface area (Å²) in [6.07, 6.45) is 3.46. The third-order valence-corrected chi connectivity index (χ3v) is 4.72. The van der Waals surface area contributed by atoms with Gasteiger partial charge in [-0.2, -0.15) is 0 Å². The Balaban J connectivity index is 2.23. The summed E-state index contributed by atoms with van der Waals surface area (Å²) in [5.41, 5.74) is 19.2. The molecule has 1 saturated heterocycles. The van der Waals surface area contributed by atoms with Crippen molar-refractivity contribution in [1.82, 2.24) is 4.90 Å². The lowest BCUT2D eigenvalue weighted by atomic mass is 9.89. The van der Waals surface area contributed by atoms with E-state index in [0.29, 0.717) is 29.4 Å². The van der Waals surface area contributed by atoms with Gasteiger partial charge >= 0.3 is 5.97 Å². The minimum atomic E-state index is -0.380. The molecule has 1 aromatic carbocycles. The molecule has 1 aromatic rings. The van der Waals surface area contributed by atoms with Crippen LogP contribution in [0.25, 0.3) is 0 Å². The molecule has 1 aliphatic heterocycles. The van der Waals surface area contributed by atoms with Crippen molar-refractivity contribution in [2.45, 2.75) is 25.7 Å². The van der Waals surface area contributed by atoms with Crippen molar-refractivity contribution in [3.63, 3.8) is 0 Å². The predicted molar refractivity (Wildman–Crippen MR) is 104 cm³/mol. The van der Waals surface area contributed by atoms with Gasteiger partial charge in [-0.15, -0.1) is 0 Å². The molecule has 0 saturated carbocycles. The van der Waals surface area contributed by atoms with Crippen LogP contribution in [0, 0.1) is 0 Å². The number of carbonyl (C=O) groups is 1. The van der Waals surface area contributed by atoms with E-state index in [4.69, 9.17) is 45.1 Å². The Morgan fingerprint density at radius 3 is 2.69 bits per heavy atom. The van der Waals surface area contributed by atoms with E-state index in [9.17, 15) is 4.79 Å². The van der Waals surface area contributed by atoms with Gasteiger partial charge in [0.2, 0.25) is 0 Å². The summed E-state index contributed by atoms with van der Waals surface area (Å²) in [6.45, 7) is 3.55. The zero-order valence-electron chi connectivity index (χ0n) is 14.7. The SMILES string of the molecule is CCOC(=O)c1ccc(C2CCCN(C(/C=C(\N)Cl)=C(N)N)C2)c(Cl)c1. The molecule has 8 heteroatoms. The lowest BCUT2D eigenvalue weighted by Gasteiger charge is -2.36. The molecule has 1 unspecified atom stereocenters. The summed E-state index contributed by atoms with van der Waals surface area (Å²) >= 11 is 12.2. The van der Waals surface area contributed by atoms with Gasteiger partial charge in [0.15, 0.2) is 0 Å². The predicted octanol–water partition coefficient (Wildman–Crippen LogP) is 2.82. The highest BCUT2D eigenvalue weighted by atomic mass is 35.5. The second kappa shape index (κ2) is 9.05. The van der Waals surface area contributed by atoms with Gasteiger partial charge in [-0.25, -0.2) is 4.79 Å². The van der Waals surface area contributed by atoms with Gasteiger partial charge < -0.3 is 26.8 Å². The zero-order chi connectivity index (χ0) is 19.3. The average molecular weight is 399 g/mol. The van der Waals surface area contributed by atoms with E-state index in [-0.39, 0.29) is 22.9 Å². The average Bonchev–Trinajstić information content (AvgIpc) is 2.59. The number of ether oxygens (including phenoxy) is 1. The fourth-order valence-electron chi connectivity index (χ4n) is 3.14. The van der Waals surface area contributed by atoms with Gasteiger partial charge in [-0.05, 0) is 43.5 Å². The molecule has 2 rings (SSSR count). The Morgan fingerprint density at radius 2 is 2.12 bits per heavy atom. The van der Waals surface area contributed by atoms with Crippen LogP contribution in [0.3, 0.4) is 0 Å². The fraction of sp³-hybridized carbons (Fsp3) is 0.389. The maximum Gasteiger partial charge on any atom is 0.338 e. The highest BCUT2D eigenvalue weighted by molar-refractivity contribution is 6.31. The maximum atomic E-state index is 11.8. The van der Waals surface area contributed by atoms with E-state index in [1.165, 1.54) is 0 Å². The molecule has 1 fully saturated rings. The van der Waals surface area contributed by atoms with Crippen LogP contribution in [-0.2, 0) is 4.74 Å². The molecule has 0 aliphatic carbocycles. The van der Waals surface area contributed by atoms with Crippen LogP contribution in [-0.4, -0.2) is 30.6 Å². The number of halogens is 2. The number of carbonyl (C=O) groups excluding carboxylic acids is 1. The summed E-state index contributed by atoms with van der Waals surface area (Å²) < 4.78 is 5.01. The lowest BCUT2D eigenvalue weighted by molar-refractivity contribution is 0.0526. The maximum absolute atomic E-state index is 11.8. The molecule has 6 N–H and O–H groups in total. The second-order valence-corrected chi connectivity index (χ2v) is 6.96. The third kappa shape index (κ3) is 4.99. The normalized spacial score (nSPS) is 17.7. The topological polar surface area (TPSA) is 108 Å². The van der Waals surface area contributed by atoms with E-state index in [1.807, 2.05) is 11.0 Å². The third-order valence-electron chi connectivity index (χ3n) is 4.28. The van der Waals surface area contributed by atoms with Gasteiger partial charge in [0.05, 0.1) is 17.9 Å². The summed E-state index contributed by atoms with van der Waals surface area (Å²) in [6, 6.07) is 5.27. The minimum Gasteiger partial charge on any atom is -0.462 e. The van der Waals surface area contributed by atoms with Crippen molar-refractivity contribution in [3.05, 3.63) is 57.1 Å². The Morgan fingerprint density at radius 1 is 1.38 bits per heavy atom. The van der Waals surface area contributed by atoms with Gasteiger partial charge in [0.1, 0.15) is 11.0 Å². The number of piperidine rings is 1. The van der Waals surface area contributed by atoms with Gasteiger partial charge in [0.25, 0.3) is 0 Å². The summed E-state index contributed by atoms with van der Waals surface area (Å²) in [7, 11) is 0. The molecule has 6 nitrogen and oxygen atoms in total. The van der Waals surface area contributed by atoms with Crippen molar-refractivity contribution in [1.29, 1.82) is 0 Å². The van der Waals surface area contributed by atoms with Crippen molar-refractivity contribution < 1.29 is 9.53 Å². The van der Waals surface area contributed by atoms with Crippen LogP contribution < -0.4 is 17.2 Å². The standard InChI is InChI=1S/C18H24Cl2N4O2/c1-2-26-18(25)11-5-6-13(14(19)8-11)12-4-3-7-24(10-12)15(17(22)23)9-16(20)21/h5-6,8-9,12H,2-4,7,10,21-23H2,1H3/b16-9-. The van der Waals surface area contributed by atoms with Crippen LogP contribution in [0.4, 0.5) is 0 Å². The highest BCUT2D eigenvalue weighted by Crippen LogP contribution is 2.34. The largest absolute Gasteiger partial charge is 0.462 e. The van der Waals surface area contributed by atoms with Gasteiger partial charge in [-0.1, -0.05) is 29.3 Å². The molecule has 0 aromatic heterocycles. The Kier molecular flexibility index (Phi) is 7.06. The van der Waals surface area contributed by atoms with E-state index in [2.05, 4.69) is 0 Å². The number of esters is 1. The number of benzene rings is 1. The van der Waals surface area contributed by atoms with E-state index in [1.54, 1.807) is 25.1 Å². The van der Waals surface area contributed by atoms with E-state index in [0.717, 1.165) is 24.9 Å². The van der Waals surface area contributed by atoms with Gasteiger partial charge in [0, 0.05) is 24.0 Å². The molecule has 26 heavy (non-hydrogen) atoms. The summed E-state index contributed by atoms with van der Waals surface area (Å²) in [4.78, 5) is 13.9. The molecular formula is C18H24Cl2N4O2. The van der Waals surface area contributed by atoms with Crippen molar-refractivity contribution in [2.24, 2.45) is 17.2 Å². The summed E-state index contributed by atoms with van der Waals surface area (Å²) in [5, 5.41) is 0.661. The first-order chi connectivity index (χ1) is 12.3. The lowest BCUT2D eigenvalue weighted by Crippen LogP contribution is -2.36. The molecule has 0 bridgehead atoms. The Labute approximate surface area is 163 Å². The van der Waals surface area contributed by atoms with Crippen LogP contribution in [0.5, 0.6) is 0 Å². The molecule has 0 radical (unpaired) electrons. The van der Waals surface area contributed by atoms with E-state index < -0.39 is 0 Å².